The van der Waals surface area contributed by atoms with E-state index in [0.29, 0.717) is 16.6 Å². The molecule has 0 saturated heterocycles. The van der Waals surface area contributed by atoms with Crippen molar-refractivity contribution in [2.75, 3.05) is 23.9 Å². The fraction of sp³-hybridized carbons (Fsp3) is 0.250. The van der Waals surface area contributed by atoms with Gasteiger partial charge in [0.05, 0.1) is 0 Å². The maximum atomic E-state index is 11.8. The Balaban J connectivity index is 2.36. The molecule has 0 amide bonds. The van der Waals surface area contributed by atoms with Gasteiger partial charge in [-0.1, -0.05) is 29.8 Å². The summed E-state index contributed by atoms with van der Waals surface area (Å²) in [6.07, 6.45) is 1.12. The lowest BCUT2D eigenvalue weighted by Crippen LogP contribution is -2.18. The molecule has 2 aromatic rings. The van der Waals surface area contributed by atoms with Crippen LogP contribution in [-0.2, 0) is 16.4 Å². The number of sulfone groups is 1. The molecule has 5 nitrogen and oxygen atoms in total. The number of halogens is 1. The molecule has 0 fully saturated rings. The summed E-state index contributed by atoms with van der Waals surface area (Å²) in [4.78, 5) is 1.86. The molecule has 2 rings (SSSR count). The quantitative estimate of drug-likeness (QED) is 0.931. The van der Waals surface area contributed by atoms with Crippen molar-refractivity contribution in [3.63, 3.8) is 0 Å². The Bertz CT molecular complexity index is 728. The first-order valence-corrected chi connectivity index (χ1v) is 8.74. The lowest BCUT2D eigenvalue weighted by atomic mass is 10.2. The van der Waals surface area contributed by atoms with Crippen LogP contribution in [-0.4, -0.2) is 26.1 Å². The second-order valence-electron chi connectivity index (χ2n) is 4.42. The van der Waals surface area contributed by atoms with Crippen LogP contribution in [0.1, 0.15) is 5.56 Å². The number of benzene rings is 1. The molecule has 0 aliphatic heterocycles. The van der Waals surface area contributed by atoms with Crippen molar-refractivity contribution in [2.24, 2.45) is 0 Å². The van der Waals surface area contributed by atoms with E-state index in [1.165, 1.54) is 0 Å². The smallest absolute Gasteiger partial charge is 0.182 e. The highest BCUT2D eigenvalue weighted by Gasteiger charge is 2.24. The number of nitrogens with two attached hydrogens (primary N) is 1. The molecule has 0 atom stereocenters. The van der Waals surface area contributed by atoms with Crippen molar-refractivity contribution in [1.82, 2.24) is 4.37 Å². The zero-order chi connectivity index (χ0) is 14.9. The van der Waals surface area contributed by atoms with Gasteiger partial charge in [0.25, 0.3) is 0 Å². The average molecular weight is 332 g/mol. The highest BCUT2D eigenvalue weighted by Crippen LogP contribution is 2.35. The minimum absolute atomic E-state index is 0.0403. The molecule has 1 heterocycles. The van der Waals surface area contributed by atoms with Crippen molar-refractivity contribution < 1.29 is 8.42 Å². The third-order valence-corrected chi connectivity index (χ3v) is 5.36. The van der Waals surface area contributed by atoms with Crippen LogP contribution in [0.15, 0.2) is 29.2 Å². The van der Waals surface area contributed by atoms with Gasteiger partial charge in [-0.25, -0.2) is 8.42 Å². The van der Waals surface area contributed by atoms with Gasteiger partial charge in [-0.3, -0.25) is 0 Å². The monoisotopic (exact) mass is 331 g/mol. The van der Waals surface area contributed by atoms with Gasteiger partial charge in [-0.05, 0) is 23.2 Å². The summed E-state index contributed by atoms with van der Waals surface area (Å²) in [5.74, 6) is 0.0403. The number of hydrogen-bond donors (Lipinski definition) is 1. The number of aromatic nitrogens is 1. The SMILES string of the molecule is CN(Cc1ccccc1Cl)c1snc(N)c1S(C)(=O)=O. The Morgan fingerprint density at radius 1 is 1.40 bits per heavy atom. The minimum Gasteiger partial charge on any atom is -0.382 e. The van der Waals surface area contributed by atoms with E-state index in [0.717, 1.165) is 23.4 Å². The maximum absolute atomic E-state index is 11.8. The van der Waals surface area contributed by atoms with Crippen LogP contribution in [0.2, 0.25) is 5.02 Å². The van der Waals surface area contributed by atoms with Crippen LogP contribution in [0.25, 0.3) is 0 Å². The predicted octanol–water partition coefficient (Wildman–Crippen LogP) is 2.42. The van der Waals surface area contributed by atoms with Crippen molar-refractivity contribution >= 4 is 43.8 Å². The van der Waals surface area contributed by atoms with Gasteiger partial charge in [0, 0.05) is 24.9 Å². The van der Waals surface area contributed by atoms with E-state index >= 15 is 0 Å². The van der Waals surface area contributed by atoms with Gasteiger partial charge in [-0.15, -0.1) is 0 Å². The standard InChI is InChI=1S/C12H14ClN3O2S2/c1-16(7-8-5-3-4-6-9(8)13)12-10(20(2,17)18)11(14)15-19-12/h3-6H,7H2,1-2H3,(H2,14,15). The maximum Gasteiger partial charge on any atom is 0.182 e. The third kappa shape index (κ3) is 3.05. The van der Waals surface area contributed by atoms with E-state index in [9.17, 15) is 8.42 Å². The number of nitrogens with zero attached hydrogens (tertiary/aromatic N) is 2. The van der Waals surface area contributed by atoms with Crippen molar-refractivity contribution in [2.45, 2.75) is 11.4 Å². The van der Waals surface area contributed by atoms with Gasteiger partial charge < -0.3 is 10.6 Å². The normalized spacial score (nSPS) is 11.6. The average Bonchev–Trinajstić information content (AvgIpc) is 2.74. The molecular formula is C12H14ClN3O2S2. The molecule has 0 aliphatic carbocycles. The van der Waals surface area contributed by atoms with Gasteiger partial charge in [-0.2, -0.15) is 4.37 Å². The van der Waals surface area contributed by atoms with Crippen molar-refractivity contribution in [1.29, 1.82) is 0 Å². The fourth-order valence-corrected chi connectivity index (χ4v) is 4.22. The lowest BCUT2D eigenvalue weighted by Gasteiger charge is -2.18. The number of anilines is 2. The first kappa shape index (κ1) is 15.1. The molecule has 0 bridgehead atoms. The highest BCUT2D eigenvalue weighted by molar-refractivity contribution is 7.91. The number of hydrogen-bond acceptors (Lipinski definition) is 6. The molecule has 0 spiro atoms. The van der Waals surface area contributed by atoms with Crippen molar-refractivity contribution in [3.05, 3.63) is 34.9 Å². The first-order chi connectivity index (χ1) is 9.30. The van der Waals surface area contributed by atoms with E-state index in [1.807, 2.05) is 18.2 Å². The van der Waals surface area contributed by atoms with Crippen LogP contribution in [0.5, 0.6) is 0 Å². The van der Waals surface area contributed by atoms with Crippen LogP contribution in [0.3, 0.4) is 0 Å². The summed E-state index contributed by atoms with van der Waals surface area (Å²) >= 11 is 7.17. The Morgan fingerprint density at radius 3 is 2.65 bits per heavy atom. The third-order valence-electron chi connectivity index (χ3n) is 2.74. The molecule has 1 aromatic carbocycles. The molecule has 0 unspecified atom stereocenters. The number of rotatable bonds is 4. The van der Waals surface area contributed by atoms with E-state index in [4.69, 9.17) is 17.3 Å². The Labute approximate surface area is 127 Å². The second kappa shape index (κ2) is 5.59. The van der Waals surface area contributed by atoms with Gasteiger partial charge in [0.1, 0.15) is 9.90 Å². The van der Waals surface area contributed by atoms with Gasteiger partial charge in [0.15, 0.2) is 15.7 Å². The molecule has 0 aliphatic rings. The molecule has 108 valence electrons. The molecule has 20 heavy (non-hydrogen) atoms. The van der Waals surface area contributed by atoms with Crippen LogP contribution >= 0.6 is 23.1 Å². The first-order valence-electron chi connectivity index (χ1n) is 5.70. The summed E-state index contributed by atoms with van der Waals surface area (Å²) in [6.45, 7) is 0.476. The molecule has 0 saturated carbocycles. The summed E-state index contributed by atoms with van der Waals surface area (Å²) < 4.78 is 27.5. The topological polar surface area (TPSA) is 76.3 Å². The number of nitrogen functional groups attached to an aromatic ring is 1. The van der Waals surface area contributed by atoms with Gasteiger partial charge in [0.2, 0.25) is 0 Å². The fourth-order valence-electron chi connectivity index (χ4n) is 1.83. The van der Waals surface area contributed by atoms with E-state index < -0.39 is 9.84 Å². The van der Waals surface area contributed by atoms with E-state index in [1.54, 1.807) is 18.0 Å². The summed E-state index contributed by atoms with van der Waals surface area (Å²) in [6, 6.07) is 7.42. The molecule has 0 radical (unpaired) electrons. The summed E-state index contributed by atoms with van der Waals surface area (Å²) in [5, 5.41) is 1.16. The Kier molecular flexibility index (Phi) is 4.22. The van der Waals surface area contributed by atoms with Crippen molar-refractivity contribution in [3.8, 4) is 0 Å². The van der Waals surface area contributed by atoms with Gasteiger partial charge >= 0.3 is 0 Å². The Hall–Kier alpha value is -1.31. The molecule has 8 heteroatoms. The van der Waals surface area contributed by atoms with E-state index in [2.05, 4.69) is 4.37 Å². The summed E-state index contributed by atoms with van der Waals surface area (Å²) in [5.41, 5.74) is 6.56. The zero-order valence-electron chi connectivity index (χ0n) is 11.0. The largest absolute Gasteiger partial charge is 0.382 e. The minimum atomic E-state index is -3.42. The molecule has 1 aromatic heterocycles. The zero-order valence-corrected chi connectivity index (χ0v) is 13.4. The summed E-state index contributed by atoms with van der Waals surface area (Å²) in [7, 11) is -1.64. The lowest BCUT2D eigenvalue weighted by molar-refractivity contribution is 0.602. The molecule has 2 N–H and O–H groups in total. The highest BCUT2D eigenvalue weighted by atomic mass is 35.5. The van der Waals surface area contributed by atoms with Crippen LogP contribution in [0, 0.1) is 0 Å². The molecular weight excluding hydrogens is 318 g/mol. The predicted molar refractivity (Wildman–Crippen MR) is 83.2 cm³/mol. The van der Waals surface area contributed by atoms with E-state index in [-0.39, 0.29) is 10.7 Å². The van der Waals surface area contributed by atoms with Crippen LogP contribution in [0.4, 0.5) is 10.8 Å². The Morgan fingerprint density at radius 2 is 2.05 bits per heavy atom. The second-order valence-corrected chi connectivity index (χ2v) is 7.53. The van der Waals surface area contributed by atoms with Crippen LogP contribution < -0.4 is 10.6 Å².